The molecule has 0 atom stereocenters. The third kappa shape index (κ3) is 1.74. The molecule has 116 valence electrons. The number of aromatic nitrogens is 2. The van der Waals surface area contributed by atoms with Crippen molar-refractivity contribution < 1.29 is 4.79 Å². The number of carbonyl (C=O) groups is 1. The van der Waals surface area contributed by atoms with Gasteiger partial charge < -0.3 is 10.6 Å². The summed E-state index contributed by atoms with van der Waals surface area (Å²) in [5, 5.41) is 0. The number of amides is 1. The summed E-state index contributed by atoms with van der Waals surface area (Å²) in [7, 11) is 0. The van der Waals surface area contributed by atoms with Crippen molar-refractivity contribution in [3.63, 3.8) is 0 Å². The molecule has 2 N–H and O–H groups in total. The van der Waals surface area contributed by atoms with Crippen molar-refractivity contribution in [1.29, 1.82) is 0 Å². The second-order valence-electron chi connectivity index (χ2n) is 8.06. The van der Waals surface area contributed by atoms with Gasteiger partial charge in [-0.25, -0.2) is 9.97 Å². The Kier molecular flexibility index (Phi) is 2.46. The van der Waals surface area contributed by atoms with Gasteiger partial charge >= 0.3 is 0 Å². The Balaban J connectivity index is 1.42. The van der Waals surface area contributed by atoms with Crippen LogP contribution in [0.5, 0.6) is 0 Å². The first-order chi connectivity index (χ1) is 10.6. The predicted octanol–water partition coefficient (Wildman–Crippen LogP) is 2.12. The van der Waals surface area contributed by atoms with Crippen molar-refractivity contribution in [2.45, 2.75) is 51.6 Å². The maximum Gasteiger partial charge on any atom is 0.229 e. The molecule has 5 aliphatic rings. The molecule has 1 aliphatic heterocycles. The van der Waals surface area contributed by atoms with Gasteiger partial charge in [-0.1, -0.05) is 0 Å². The lowest BCUT2D eigenvalue weighted by molar-refractivity contribution is -0.158. The molecule has 0 saturated heterocycles. The van der Waals surface area contributed by atoms with Gasteiger partial charge in [-0.05, 0) is 56.3 Å². The van der Waals surface area contributed by atoms with Gasteiger partial charge in [-0.3, -0.25) is 4.79 Å². The average Bonchev–Trinajstić information content (AvgIpc) is 2.87. The Morgan fingerprint density at radius 3 is 2.41 bits per heavy atom. The summed E-state index contributed by atoms with van der Waals surface area (Å²) in [6, 6.07) is 0. The van der Waals surface area contributed by atoms with E-state index >= 15 is 0 Å². The van der Waals surface area contributed by atoms with Crippen LogP contribution >= 0.6 is 0 Å². The highest BCUT2D eigenvalue weighted by Gasteiger charge is 2.55. The Hall–Kier alpha value is -1.65. The molecule has 0 radical (unpaired) electrons. The van der Waals surface area contributed by atoms with Gasteiger partial charge in [-0.2, -0.15) is 0 Å². The van der Waals surface area contributed by atoms with Gasteiger partial charge in [0, 0.05) is 18.3 Å². The Morgan fingerprint density at radius 2 is 1.77 bits per heavy atom. The zero-order chi connectivity index (χ0) is 14.9. The summed E-state index contributed by atoms with van der Waals surface area (Å²) in [4.78, 5) is 23.7. The molecule has 5 nitrogen and oxygen atoms in total. The summed E-state index contributed by atoms with van der Waals surface area (Å²) >= 11 is 0. The van der Waals surface area contributed by atoms with Gasteiger partial charge in [0.15, 0.2) is 0 Å². The van der Waals surface area contributed by atoms with Crippen LogP contribution in [0, 0.1) is 23.2 Å². The number of nitrogens with two attached hydrogens (primary N) is 1. The van der Waals surface area contributed by atoms with Gasteiger partial charge in [0.05, 0.1) is 17.7 Å². The van der Waals surface area contributed by atoms with E-state index in [-0.39, 0.29) is 5.41 Å². The quantitative estimate of drug-likeness (QED) is 0.862. The minimum atomic E-state index is -0.0598. The molecule has 22 heavy (non-hydrogen) atoms. The zero-order valence-corrected chi connectivity index (χ0v) is 12.8. The lowest BCUT2D eigenvalue weighted by atomic mass is 9.49. The summed E-state index contributed by atoms with van der Waals surface area (Å²) in [6.45, 7) is 1.28. The smallest absolute Gasteiger partial charge is 0.229 e. The predicted molar refractivity (Wildman–Crippen MR) is 81.3 cm³/mol. The van der Waals surface area contributed by atoms with Crippen LogP contribution in [0.25, 0.3) is 0 Å². The molecule has 1 aromatic rings. The van der Waals surface area contributed by atoms with Crippen LogP contribution in [0.15, 0.2) is 6.20 Å². The summed E-state index contributed by atoms with van der Waals surface area (Å²) in [5.41, 5.74) is 7.61. The fourth-order valence-corrected chi connectivity index (χ4v) is 6.02. The van der Waals surface area contributed by atoms with Crippen LogP contribution in [-0.2, 0) is 17.9 Å². The van der Waals surface area contributed by atoms with Crippen LogP contribution in [-0.4, -0.2) is 20.8 Å². The third-order valence-electron chi connectivity index (χ3n) is 6.45. The highest BCUT2D eigenvalue weighted by molar-refractivity contribution is 5.83. The number of anilines is 1. The van der Waals surface area contributed by atoms with Crippen molar-refractivity contribution in [2.24, 2.45) is 23.2 Å². The fraction of sp³-hybridized carbons (Fsp3) is 0.706. The van der Waals surface area contributed by atoms with Crippen LogP contribution in [0.4, 0.5) is 5.95 Å². The molecule has 4 saturated carbocycles. The van der Waals surface area contributed by atoms with E-state index in [1.807, 2.05) is 4.90 Å². The molecule has 0 unspecified atom stereocenters. The van der Waals surface area contributed by atoms with Gasteiger partial charge in [0.25, 0.3) is 0 Å². The lowest BCUT2D eigenvalue weighted by Gasteiger charge is -2.56. The molecule has 2 heterocycles. The molecule has 5 heteroatoms. The van der Waals surface area contributed by atoms with Crippen LogP contribution in [0.1, 0.15) is 49.8 Å². The highest BCUT2D eigenvalue weighted by atomic mass is 16.2. The van der Waals surface area contributed by atoms with E-state index in [4.69, 9.17) is 5.73 Å². The minimum Gasteiger partial charge on any atom is -0.368 e. The largest absolute Gasteiger partial charge is 0.368 e. The van der Waals surface area contributed by atoms with E-state index in [1.54, 1.807) is 6.20 Å². The standard InChI is InChI=1S/C17H22N4O/c18-16-19-7-13-8-21(9-14(13)20-16)15(22)17-4-10-1-11(5-17)3-12(2-10)6-17/h7,10-12H,1-6,8-9H2,(H2,18,19,20). The number of hydrogen-bond donors (Lipinski definition) is 1. The van der Waals surface area contributed by atoms with E-state index in [9.17, 15) is 4.79 Å². The van der Waals surface area contributed by atoms with Crippen molar-refractivity contribution in [3.8, 4) is 0 Å². The summed E-state index contributed by atoms with van der Waals surface area (Å²) < 4.78 is 0. The topological polar surface area (TPSA) is 72.1 Å². The molecule has 4 aliphatic carbocycles. The second-order valence-corrected chi connectivity index (χ2v) is 8.06. The normalized spacial score (nSPS) is 38.4. The SMILES string of the molecule is Nc1ncc2c(n1)CN(C(=O)C13CC4CC(CC(C4)C1)C3)C2. The van der Waals surface area contributed by atoms with Gasteiger partial charge in [-0.15, -0.1) is 0 Å². The molecule has 4 bridgehead atoms. The maximum atomic E-state index is 13.3. The average molecular weight is 298 g/mol. The molecule has 0 spiro atoms. The van der Waals surface area contributed by atoms with E-state index in [1.165, 1.54) is 19.3 Å². The Morgan fingerprint density at radius 1 is 1.14 bits per heavy atom. The van der Waals surface area contributed by atoms with Crippen LogP contribution < -0.4 is 5.73 Å². The van der Waals surface area contributed by atoms with Crippen LogP contribution in [0.2, 0.25) is 0 Å². The number of nitrogen functional groups attached to an aromatic ring is 1. The Labute approximate surface area is 130 Å². The first-order valence-corrected chi connectivity index (χ1v) is 8.51. The van der Waals surface area contributed by atoms with Gasteiger partial charge in [0.2, 0.25) is 11.9 Å². The molecule has 1 aromatic heterocycles. The lowest BCUT2D eigenvalue weighted by Crippen LogP contribution is -2.53. The summed E-state index contributed by atoms with van der Waals surface area (Å²) in [6.07, 6.45) is 9.26. The highest BCUT2D eigenvalue weighted by Crippen LogP contribution is 2.60. The van der Waals surface area contributed by atoms with E-state index in [0.29, 0.717) is 24.9 Å². The van der Waals surface area contributed by atoms with Crippen molar-refractivity contribution in [2.75, 3.05) is 5.73 Å². The van der Waals surface area contributed by atoms with E-state index in [2.05, 4.69) is 9.97 Å². The van der Waals surface area contributed by atoms with Crippen molar-refractivity contribution in [1.82, 2.24) is 14.9 Å². The zero-order valence-electron chi connectivity index (χ0n) is 12.8. The van der Waals surface area contributed by atoms with Crippen molar-refractivity contribution in [3.05, 3.63) is 17.5 Å². The van der Waals surface area contributed by atoms with E-state index in [0.717, 1.165) is 48.3 Å². The third-order valence-corrected chi connectivity index (χ3v) is 6.45. The first-order valence-electron chi connectivity index (χ1n) is 8.51. The molecule has 6 rings (SSSR count). The number of rotatable bonds is 1. The van der Waals surface area contributed by atoms with Gasteiger partial charge in [0.1, 0.15) is 0 Å². The number of fused-ring (bicyclic) bond motifs is 1. The molecule has 4 fully saturated rings. The minimum absolute atomic E-state index is 0.0598. The molecule has 1 amide bonds. The van der Waals surface area contributed by atoms with Crippen LogP contribution in [0.3, 0.4) is 0 Å². The molecule has 0 aromatic carbocycles. The first kappa shape index (κ1) is 12.9. The number of nitrogens with zero attached hydrogens (tertiary/aromatic N) is 3. The number of carbonyl (C=O) groups excluding carboxylic acids is 1. The fourth-order valence-electron chi connectivity index (χ4n) is 6.02. The van der Waals surface area contributed by atoms with E-state index < -0.39 is 0 Å². The summed E-state index contributed by atoms with van der Waals surface area (Å²) in [5.74, 6) is 3.09. The Bertz CT molecular complexity index is 621. The number of hydrogen-bond acceptors (Lipinski definition) is 4. The monoisotopic (exact) mass is 298 g/mol. The van der Waals surface area contributed by atoms with Crippen molar-refractivity contribution >= 4 is 11.9 Å². The maximum absolute atomic E-state index is 13.3. The second kappa shape index (κ2) is 4.21. The molecular formula is C17H22N4O. The molecular weight excluding hydrogens is 276 g/mol.